The van der Waals surface area contributed by atoms with Crippen molar-refractivity contribution < 1.29 is 14.7 Å². The summed E-state index contributed by atoms with van der Waals surface area (Å²) >= 11 is 0. The Morgan fingerprint density at radius 2 is 1.93 bits per heavy atom. The number of hydrogen-bond acceptors (Lipinski definition) is 2. The average molecular weight is 201 g/mol. The van der Waals surface area contributed by atoms with E-state index in [4.69, 9.17) is 5.11 Å². The molecular weight excluding hydrogens is 182 g/mol. The van der Waals surface area contributed by atoms with Crippen LogP contribution in [0.25, 0.3) is 0 Å². The van der Waals surface area contributed by atoms with Crippen LogP contribution in [0.3, 0.4) is 0 Å². The van der Waals surface area contributed by atoms with Gasteiger partial charge >= 0.3 is 5.97 Å². The van der Waals surface area contributed by atoms with Crippen molar-refractivity contribution in [3.63, 3.8) is 0 Å². The molecule has 0 saturated carbocycles. The van der Waals surface area contributed by atoms with Crippen molar-refractivity contribution in [1.82, 2.24) is 5.32 Å². The van der Waals surface area contributed by atoms with Crippen LogP contribution in [0.2, 0.25) is 0 Å². The molecule has 82 valence electrons. The van der Waals surface area contributed by atoms with Crippen molar-refractivity contribution in [2.45, 2.75) is 46.1 Å². The number of carbonyl (C=O) groups excluding carboxylic acids is 1. The lowest BCUT2D eigenvalue weighted by Crippen LogP contribution is -2.36. The van der Waals surface area contributed by atoms with Crippen molar-refractivity contribution in [2.75, 3.05) is 0 Å². The molecule has 0 rings (SSSR count). The minimum absolute atomic E-state index is 0.0507. The summed E-state index contributed by atoms with van der Waals surface area (Å²) in [4.78, 5) is 21.7. The third-order valence-electron chi connectivity index (χ3n) is 2.24. The molecular formula is C10H19NO3. The van der Waals surface area contributed by atoms with Crippen molar-refractivity contribution in [1.29, 1.82) is 0 Å². The molecule has 2 N–H and O–H groups in total. The quantitative estimate of drug-likeness (QED) is 0.682. The molecule has 0 saturated heterocycles. The van der Waals surface area contributed by atoms with E-state index in [1.165, 1.54) is 0 Å². The molecule has 0 heterocycles. The number of nitrogens with one attached hydrogen (secondary N) is 1. The summed E-state index contributed by atoms with van der Waals surface area (Å²) in [5.41, 5.74) is 0. The Bertz CT molecular complexity index is 204. The zero-order chi connectivity index (χ0) is 11.1. The zero-order valence-electron chi connectivity index (χ0n) is 9.04. The van der Waals surface area contributed by atoms with Crippen LogP contribution in [0.1, 0.15) is 40.0 Å². The molecule has 0 spiro atoms. The minimum Gasteiger partial charge on any atom is -0.481 e. The number of carboxylic acid groups (broad SMARTS) is 1. The number of hydrogen-bond donors (Lipinski definition) is 2. The molecule has 0 aromatic rings. The first kappa shape index (κ1) is 12.9. The van der Waals surface area contributed by atoms with E-state index in [0.717, 1.165) is 6.42 Å². The lowest BCUT2D eigenvalue weighted by molar-refractivity contribution is -0.137. The standard InChI is InChI=1S/C10H19NO3/c1-4-8(3)11-10(14)7(2)5-6-9(12)13/h7-8H,4-6H2,1-3H3,(H,11,14)(H,12,13). The number of amides is 1. The summed E-state index contributed by atoms with van der Waals surface area (Å²) in [5.74, 6) is -1.13. The smallest absolute Gasteiger partial charge is 0.303 e. The monoisotopic (exact) mass is 201 g/mol. The average Bonchev–Trinajstić information content (AvgIpc) is 2.13. The van der Waals surface area contributed by atoms with E-state index in [1.54, 1.807) is 6.92 Å². The molecule has 4 nitrogen and oxygen atoms in total. The Morgan fingerprint density at radius 1 is 1.36 bits per heavy atom. The highest BCUT2D eigenvalue weighted by Gasteiger charge is 2.15. The SMILES string of the molecule is CCC(C)NC(=O)C(C)CCC(=O)O. The highest BCUT2D eigenvalue weighted by molar-refractivity contribution is 5.79. The van der Waals surface area contributed by atoms with E-state index in [2.05, 4.69) is 5.32 Å². The molecule has 0 aliphatic heterocycles. The molecule has 0 radical (unpaired) electrons. The molecule has 0 aromatic carbocycles. The number of carboxylic acids is 1. The maximum absolute atomic E-state index is 11.4. The molecule has 0 aliphatic rings. The van der Waals surface area contributed by atoms with E-state index in [9.17, 15) is 9.59 Å². The fourth-order valence-corrected chi connectivity index (χ4v) is 0.958. The highest BCUT2D eigenvalue weighted by Crippen LogP contribution is 2.06. The molecule has 2 unspecified atom stereocenters. The summed E-state index contributed by atoms with van der Waals surface area (Å²) in [6, 6.07) is 0.162. The maximum Gasteiger partial charge on any atom is 0.303 e. The predicted molar refractivity (Wildman–Crippen MR) is 53.9 cm³/mol. The van der Waals surface area contributed by atoms with Gasteiger partial charge in [-0.05, 0) is 19.8 Å². The number of carbonyl (C=O) groups is 2. The van der Waals surface area contributed by atoms with Gasteiger partial charge in [0.2, 0.25) is 5.91 Å². The molecule has 2 atom stereocenters. The third-order valence-corrected chi connectivity index (χ3v) is 2.24. The first-order valence-electron chi connectivity index (χ1n) is 4.99. The summed E-state index contributed by atoms with van der Waals surface area (Å²) in [7, 11) is 0. The van der Waals surface area contributed by atoms with Gasteiger partial charge in [-0.1, -0.05) is 13.8 Å². The lowest BCUT2D eigenvalue weighted by Gasteiger charge is -2.15. The fraction of sp³-hybridized carbons (Fsp3) is 0.800. The molecule has 0 aliphatic carbocycles. The van der Waals surface area contributed by atoms with E-state index in [1.807, 2.05) is 13.8 Å². The van der Waals surface area contributed by atoms with E-state index in [0.29, 0.717) is 6.42 Å². The van der Waals surface area contributed by atoms with Gasteiger partial charge in [0.15, 0.2) is 0 Å². The van der Waals surface area contributed by atoms with Crippen LogP contribution in [0.15, 0.2) is 0 Å². The van der Waals surface area contributed by atoms with E-state index in [-0.39, 0.29) is 24.3 Å². The van der Waals surface area contributed by atoms with E-state index >= 15 is 0 Å². The van der Waals surface area contributed by atoms with Crippen LogP contribution in [-0.2, 0) is 9.59 Å². The molecule has 0 bridgehead atoms. The minimum atomic E-state index is -0.854. The second kappa shape index (κ2) is 6.40. The van der Waals surface area contributed by atoms with Crippen molar-refractivity contribution in [3.05, 3.63) is 0 Å². The van der Waals surface area contributed by atoms with Gasteiger partial charge in [-0.2, -0.15) is 0 Å². The molecule has 4 heteroatoms. The molecule has 0 aromatic heterocycles. The van der Waals surface area contributed by atoms with Crippen LogP contribution in [0.5, 0.6) is 0 Å². The second-order valence-electron chi connectivity index (χ2n) is 3.65. The normalized spacial score (nSPS) is 14.5. The summed E-state index contributed by atoms with van der Waals surface area (Å²) in [6.07, 6.45) is 1.34. The Hall–Kier alpha value is -1.06. The van der Waals surface area contributed by atoms with Crippen molar-refractivity contribution in [3.8, 4) is 0 Å². The van der Waals surface area contributed by atoms with Gasteiger partial charge < -0.3 is 10.4 Å². The van der Waals surface area contributed by atoms with Crippen LogP contribution in [0.4, 0.5) is 0 Å². The lowest BCUT2D eigenvalue weighted by atomic mass is 10.0. The Balaban J connectivity index is 3.81. The fourth-order valence-electron chi connectivity index (χ4n) is 0.958. The van der Waals surface area contributed by atoms with Crippen LogP contribution >= 0.6 is 0 Å². The Kier molecular flexibility index (Phi) is 5.92. The first-order chi connectivity index (χ1) is 6.47. The molecule has 14 heavy (non-hydrogen) atoms. The van der Waals surface area contributed by atoms with Gasteiger partial charge in [0.05, 0.1) is 0 Å². The van der Waals surface area contributed by atoms with Gasteiger partial charge in [0.25, 0.3) is 0 Å². The summed E-state index contributed by atoms with van der Waals surface area (Å²) < 4.78 is 0. The van der Waals surface area contributed by atoms with Crippen molar-refractivity contribution in [2.24, 2.45) is 5.92 Å². The summed E-state index contributed by atoms with van der Waals surface area (Å²) in [6.45, 7) is 5.68. The Labute approximate surface area is 84.7 Å². The Morgan fingerprint density at radius 3 is 2.36 bits per heavy atom. The van der Waals surface area contributed by atoms with Crippen LogP contribution in [-0.4, -0.2) is 23.0 Å². The summed E-state index contributed by atoms with van der Waals surface area (Å²) in [5, 5.41) is 11.3. The van der Waals surface area contributed by atoms with Gasteiger partial charge in [-0.25, -0.2) is 0 Å². The zero-order valence-corrected chi connectivity index (χ0v) is 9.04. The maximum atomic E-state index is 11.4. The highest BCUT2D eigenvalue weighted by atomic mass is 16.4. The molecule has 0 fully saturated rings. The van der Waals surface area contributed by atoms with Crippen LogP contribution < -0.4 is 5.32 Å². The number of rotatable bonds is 6. The topological polar surface area (TPSA) is 66.4 Å². The van der Waals surface area contributed by atoms with Crippen LogP contribution in [0, 0.1) is 5.92 Å². The van der Waals surface area contributed by atoms with Gasteiger partial charge in [-0.3, -0.25) is 9.59 Å². The van der Waals surface area contributed by atoms with Crippen molar-refractivity contribution >= 4 is 11.9 Å². The second-order valence-corrected chi connectivity index (χ2v) is 3.65. The molecule has 1 amide bonds. The predicted octanol–water partition coefficient (Wildman–Crippen LogP) is 1.40. The third kappa shape index (κ3) is 5.56. The van der Waals surface area contributed by atoms with Gasteiger partial charge in [-0.15, -0.1) is 0 Å². The number of aliphatic carboxylic acids is 1. The largest absolute Gasteiger partial charge is 0.481 e. The van der Waals surface area contributed by atoms with Gasteiger partial charge in [0, 0.05) is 18.4 Å². The first-order valence-corrected chi connectivity index (χ1v) is 4.99. The van der Waals surface area contributed by atoms with E-state index < -0.39 is 5.97 Å². The van der Waals surface area contributed by atoms with Gasteiger partial charge in [0.1, 0.15) is 0 Å².